The minimum Gasteiger partial charge on any atom is -0.496 e. The van der Waals surface area contributed by atoms with Crippen molar-refractivity contribution in [3.05, 3.63) is 68.6 Å². The van der Waals surface area contributed by atoms with Crippen LogP contribution in [0.4, 0.5) is 4.39 Å². The van der Waals surface area contributed by atoms with Gasteiger partial charge in [-0.3, -0.25) is 14.2 Å². The van der Waals surface area contributed by atoms with Crippen LogP contribution in [0.15, 0.2) is 40.4 Å². The van der Waals surface area contributed by atoms with E-state index in [0.29, 0.717) is 26.7 Å². The molecule has 4 rings (SSSR count). The molecular weight excluding hydrogens is 527 g/mol. The van der Waals surface area contributed by atoms with E-state index in [1.165, 1.54) is 68.0 Å². The first-order valence-corrected chi connectivity index (χ1v) is 12.8. The maximum absolute atomic E-state index is 14.4. The van der Waals surface area contributed by atoms with Gasteiger partial charge in [0.2, 0.25) is 0 Å². The first kappa shape index (κ1) is 27.9. The topological polar surface area (TPSA) is 134 Å². The van der Waals surface area contributed by atoms with Crippen molar-refractivity contribution >= 4 is 27.3 Å². The number of carbonyl (C=O) groups is 1. The van der Waals surface area contributed by atoms with Crippen LogP contribution in [0.25, 0.3) is 15.2 Å². The van der Waals surface area contributed by atoms with Gasteiger partial charge in [0.05, 0.1) is 38.1 Å². The second-order valence-corrected chi connectivity index (χ2v) is 10.3. The fourth-order valence-electron chi connectivity index (χ4n) is 4.29. The normalized spacial score (nSPS) is 12.4. The first-order chi connectivity index (χ1) is 18.5. The van der Waals surface area contributed by atoms with Crippen LogP contribution in [0.1, 0.15) is 44.4 Å². The number of methoxy groups -OCH3 is 1. The van der Waals surface area contributed by atoms with Crippen LogP contribution in [0.5, 0.6) is 5.75 Å². The Balaban J connectivity index is 2.04. The van der Waals surface area contributed by atoms with Crippen molar-refractivity contribution in [3.8, 4) is 16.8 Å². The Bertz CT molecular complexity index is 1700. The van der Waals surface area contributed by atoms with Gasteiger partial charge in [0, 0.05) is 11.1 Å². The van der Waals surface area contributed by atoms with Gasteiger partial charge >= 0.3 is 5.69 Å². The number of nitriles is 1. The van der Waals surface area contributed by atoms with Crippen LogP contribution >= 0.6 is 11.3 Å². The summed E-state index contributed by atoms with van der Waals surface area (Å²) in [5, 5.41) is 14.0. The van der Waals surface area contributed by atoms with Crippen LogP contribution < -0.4 is 16.0 Å². The van der Waals surface area contributed by atoms with Gasteiger partial charge in [-0.2, -0.15) is 10.4 Å². The molecule has 0 unspecified atom stereocenters. The molecule has 39 heavy (non-hydrogen) atoms. The lowest BCUT2D eigenvalue weighted by Crippen LogP contribution is -2.52. The van der Waals surface area contributed by atoms with Gasteiger partial charge in [-0.1, -0.05) is 11.3 Å². The summed E-state index contributed by atoms with van der Waals surface area (Å²) in [5.74, 6) is -0.600. The van der Waals surface area contributed by atoms with E-state index < -0.39 is 28.7 Å². The first-order valence-electron chi connectivity index (χ1n) is 12.0. The zero-order valence-electron chi connectivity index (χ0n) is 22.1. The minimum atomic E-state index is -1.46. The quantitative estimate of drug-likeness (QED) is 0.273. The Morgan fingerprint density at radius 2 is 2.05 bits per heavy atom. The second-order valence-electron chi connectivity index (χ2n) is 9.36. The van der Waals surface area contributed by atoms with Gasteiger partial charge in [0.15, 0.2) is 5.78 Å². The zero-order valence-corrected chi connectivity index (χ0v) is 22.9. The molecule has 0 N–H and O–H groups in total. The number of thiophene rings is 1. The van der Waals surface area contributed by atoms with E-state index in [1.54, 1.807) is 6.92 Å². The molecule has 204 valence electrons. The van der Waals surface area contributed by atoms with E-state index in [-0.39, 0.29) is 30.7 Å². The molecule has 13 heteroatoms. The number of nitrogens with zero attached hydrogens (tertiary/aromatic N) is 6. The Morgan fingerprint density at radius 3 is 2.67 bits per heavy atom. The molecule has 0 bridgehead atoms. The summed E-state index contributed by atoms with van der Waals surface area (Å²) in [6, 6.07) is 5.93. The summed E-state index contributed by atoms with van der Waals surface area (Å²) < 4.78 is 29.5. The highest BCUT2D eigenvalue weighted by molar-refractivity contribution is 7.21. The number of halogens is 1. The SMILES string of the molecule is COc1ccc(F)cc1[C@H](Cn1c(=O)n(C(C)(C)C(C)=O)c(=O)c2c(C)c(-n3cncn3)sc21)OCCC#N. The number of aromatic nitrogens is 5. The van der Waals surface area contributed by atoms with E-state index in [0.717, 1.165) is 15.9 Å². The highest BCUT2D eigenvalue weighted by Gasteiger charge is 2.34. The molecule has 3 heterocycles. The number of aryl methyl sites for hydroxylation is 1. The summed E-state index contributed by atoms with van der Waals surface area (Å²) in [4.78, 5) is 44.7. The lowest BCUT2D eigenvalue weighted by Gasteiger charge is -2.26. The second kappa shape index (κ2) is 10.9. The van der Waals surface area contributed by atoms with Gasteiger partial charge in [0.1, 0.15) is 45.7 Å². The van der Waals surface area contributed by atoms with Crippen molar-refractivity contribution in [2.75, 3.05) is 13.7 Å². The number of fused-ring (bicyclic) bond motifs is 1. The largest absolute Gasteiger partial charge is 0.496 e. The van der Waals surface area contributed by atoms with Crippen molar-refractivity contribution in [1.82, 2.24) is 23.9 Å². The number of rotatable bonds is 10. The lowest BCUT2D eigenvalue weighted by atomic mass is 10.00. The lowest BCUT2D eigenvalue weighted by molar-refractivity contribution is -0.124. The standard InChI is InChI=1S/C26H27FN6O5S/c1-15-21-22(35)33(26(3,4)16(2)34)25(36)31(24(21)39-23(15)32-14-29-13-30-32)12-20(38-10-6-9-28)18-11-17(27)7-8-19(18)37-5/h7-8,11,13-14,20H,6,10,12H2,1-5H3/t20-/m0/s1. The summed E-state index contributed by atoms with van der Waals surface area (Å²) in [7, 11) is 1.43. The molecule has 0 saturated carbocycles. The van der Waals surface area contributed by atoms with Crippen molar-refractivity contribution in [3.63, 3.8) is 0 Å². The molecule has 4 aromatic rings. The van der Waals surface area contributed by atoms with Crippen LogP contribution in [0, 0.1) is 24.1 Å². The third-order valence-corrected chi connectivity index (χ3v) is 7.96. The summed E-state index contributed by atoms with van der Waals surface area (Å²) in [6.07, 6.45) is 1.95. The molecule has 0 radical (unpaired) electrons. The number of hydrogen-bond donors (Lipinski definition) is 0. The molecular formula is C26H27FN6O5S. The predicted molar refractivity (Wildman–Crippen MR) is 142 cm³/mol. The molecule has 1 atom stereocenters. The van der Waals surface area contributed by atoms with E-state index in [9.17, 15) is 18.8 Å². The monoisotopic (exact) mass is 554 g/mol. The fourth-order valence-corrected chi connectivity index (χ4v) is 5.52. The summed E-state index contributed by atoms with van der Waals surface area (Å²) in [6.45, 7) is 5.90. The van der Waals surface area contributed by atoms with Gasteiger partial charge in [-0.25, -0.2) is 23.4 Å². The third kappa shape index (κ3) is 5.00. The Hall–Kier alpha value is -4.15. The van der Waals surface area contributed by atoms with E-state index in [2.05, 4.69) is 10.1 Å². The fraction of sp³-hybridized carbons (Fsp3) is 0.385. The molecule has 0 aliphatic heterocycles. The predicted octanol–water partition coefficient (Wildman–Crippen LogP) is 3.26. The molecule has 11 nitrogen and oxygen atoms in total. The average molecular weight is 555 g/mol. The zero-order chi connectivity index (χ0) is 28.5. The van der Waals surface area contributed by atoms with Crippen molar-refractivity contribution in [2.24, 2.45) is 0 Å². The number of Topliss-reactive ketones (excluding diaryl/α,β-unsaturated/α-hetero) is 1. The maximum Gasteiger partial charge on any atom is 0.333 e. The Kier molecular flexibility index (Phi) is 7.80. The molecule has 0 amide bonds. The molecule has 3 aromatic heterocycles. The van der Waals surface area contributed by atoms with Crippen LogP contribution in [-0.2, 0) is 21.6 Å². The number of benzene rings is 1. The van der Waals surface area contributed by atoms with Crippen LogP contribution in [0.3, 0.4) is 0 Å². The number of hydrogen-bond acceptors (Lipinski definition) is 9. The number of carbonyl (C=O) groups excluding carboxylic acids is 1. The van der Waals surface area contributed by atoms with Crippen molar-refractivity contribution in [2.45, 2.75) is 52.3 Å². The highest BCUT2D eigenvalue weighted by atomic mass is 32.1. The van der Waals surface area contributed by atoms with Crippen molar-refractivity contribution in [1.29, 1.82) is 5.26 Å². The molecule has 0 fully saturated rings. The molecule has 0 aliphatic carbocycles. The summed E-state index contributed by atoms with van der Waals surface area (Å²) >= 11 is 1.15. The van der Waals surface area contributed by atoms with Crippen LogP contribution in [0.2, 0.25) is 0 Å². The highest BCUT2D eigenvalue weighted by Crippen LogP contribution is 2.34. The summed E-state index contributed by atoms with van der Waals surface area (Å²) in [5.41, 5.74) is -1.93. The molecule has 1 aromatic carbocycles. The third-order valence-electron chi connectivity index (χ3n) is 6.65. The number of ether oxygens (including phenoxy) is 2. The van der Waals surface area contributed by atoms with E-state index in [1.807, 2.05) is 6.07 Å². The van der Waals surface area contributed by atoms with Gasteiger partial charge < -0.3 is 9.47 Å². The van der Waals surface area contributed by atoms with E-state index >= 15 is 0 Å². The minimum absolute atomic E-state index is 0.00494. The molecule has 0 spiro atoms. The van der Waals surface area contributed by atoms with Gasteiger partial charge in [-0.05, 0) is 45.9 Å². The van der Waals surface area contributed by atoms with E-state index in [4.69, 9.17) is 14.7 Å². The van der Waals surface area contributed by atoms with Gasteiger partial charge in [0.25, 0.3) is 5.56 Å². The average Bonchev–Trinajstić information content (AvgIpc) is 3.53. The van der Waals surface area contributed by atoms with Crippen molar-refractivity contribution < 1.29 is 18.7 Å². The maximum atomic E-state index is 14.4. The Labute approximate surface area is 226 Å². The number of ketones is 1. The van der Waals surface area contributed by atoms with Crippen LogP contribution in [-0.4, -0.2) is 43.4 Å². The van der Waals surface area contributed by atoms with Gasteiger partial charge in [-0.15, -0.1) is 0 Å². The smallest absolute Gasteiger partial charge is 0.333 e. The molecule has 0 saturated heterocycles. The Morgan fingerprint density at radius 1 is 1.31 bits per heavy atom. The molecule has 0 aliphatic rings.